The summed E-state index contributed by atoms with van der Waals surface area (Å²) in [4.78, 5) is 2.69. The molecular weight excluding hydrogens is 691 g/mol. The molecule has 0 aliphatic carbocycles. The van der Waals surface area contributed by atoms with E-state index in [0.29, 0.717) is 0 Å². The lowest BCUT2D eigenvalue weighted by Gasteiger charge is -2.55. The van der Waals surface area contributed by atoms with E-state index in [1.165, 1.54) is 113 Å². The van der Waals surface area contributed by atoms with Crippen LogP contribution in [-0.4, -0.2) is 0 Å². The molecule has 12 rings (SSSR count). The lowest BCUT2D eigenvalue weighted by Crippen LogP contribution is -2.43. The number of fused-ring (bicyclic) bond motifs is 6. The quantitative estimate of drug-likeness (QED) is 0.171. The highest BCUT2D eigenvalue weighted by molar-refractivity contribution is 7.26. The Balaban J connectivity index is 1.15. The summed E-state index contributed by atoms with van der Waals surface area (Å²) in [6.07, 6.45) is 0. The van der Waals surface area contributed by atoms with Crippen LogP contribution in [0.5, 0.6) is 0 Å². The summed E-state index contributed by atoms with van der Waals surface area (Å²) in [5, 5.41) is 5.39. The zero-order valence-corrected chi connectivity index (χ0v) is 33.0. The van der Waals surface area contributed by atoms with E-state index in [0.717, 1.165) is 0 Å². The topological polar surface area (TPSA) is 3.24 Å². The first kappa shape index (κ1) is 31.2. The largest absolute Gasteiger partial charge is 0.309 e. The van der Waals surface area contributed by atoms with Crippen LogP contribution in [0.3, 0.4) is 0 Å². The van der Waals surface area contributed by atoms with E-state index < -0.39 is 0 Å². The van der Waals surface area contributed by atoms with Gasteiger partial charge in [-0.05, 0) is 116 Å². The molecular formula is C51H39NS2. The van der Waals surface area contributed by atoms with Crippen LogP contribution in [0.4, 0.5) is 17.1 Å². The molecule has 1 nitrogen and oxygen atoms in total. The minimum Gasteiger partial charge on any atom is -0.309 e. The van der Waals surface area contributed by atoms with Crippen molar-refractivity contribution in [2.75, 3.05) is 4.90 Å². The summed E-state index contributed by atoms with van der Waals surface area (Å²) in [5.74, 6) is 0. The summed E-state index contributed by atoms with van der Waals surface area (Å²) in [6.45, 7) is 14.8. The van der Waals surface area contributed by atoms with Gasteiger partial charge in [-0.1, -0.05) is 108 Å². The number of hydrogen-bond donors (Lipinski definition) is 0. The average Bonchev–Trinajstić information content (AvgIpc) is 3.74. The number of anilines is 3. The Labute approximate surface area is 324 Å². The van der Waals surface area contributed by atoms with Crippen molar-refractivity contribution in [3.8, 4) is 22.3 Å². The van der Waals surface area contributed by atoms with Gasteiger partial charge in [0.2, 0.25) is 0 Å². The first-order chi connectivity index (χ1) is 26.0. The maximum atomic E-state index is 2.69. The summed E-state index contributed by atoms with van der Waals surface area (Å²) >= 11 is 3.78. The maximum Gasteiger partial charge on any atom is 0.0544 e. The number of hydrogen-bond acceptors (Lipinski definition) is 3. The van der Waals surface area contributed by atoms with E-state index in [1.807, 2.05) is 22.7 Å². The Morgan fingerprint density at radius 3 is 1.15 bits per heavy atom. The molecule has 0 spiro atoms. The van der Waals surface area contributed by atoms with Gasteiger partial charge < -0.3 is 4.90 Å². The molecule has 7 aromatic carbocycles. The second-order valence-electron chi connectivity index (χ2n) is 17.4. The van der Waals surface area contributed by atoms with Gasteiger partial charge in [0.1, 0.15) is 0 Å². The molecule has 3 aliphatic rings. The van der Waals surface area contributed by atoms with Gasteiger partial charge in [-0.2, -0.15) is 0 Å². The van der Waals surface area contributed by atoms with Gasteiger partial charge in [0.25, 0.3) is 0 Å². The van der Waals surface area contributed by atoms with Gasteiger partial charge in [-0.15, -0.1) is 22.7 Å². The van der Waals surface area contributed by atoms with Gasteiger partial charge in [0, 0.05) is 56.6 Å². The van der Waals surface area contributed by atoms with Crippen LogP contribution < -0.4 is 4.90 Å². The summed E-state index contributed by atoms with van der Waals surface area (Å²) in [7, 11) is 0. The molecule has 0 N–H and O–H groups in total. The summed E-state index contributed by atoms with van der Waals surface area (Å²) in [5.41, 5.74) is 17.2. The molecule has 0 bridgehead atoms. The van der Waals surface area contributed by atoms with Crippen molar-refractivity contribution < 1.29 is 0 Å². The van der Waals surface area contributed by atoms with Crippen LogP contribution in [0, 0.1) is 0 Å². The van der Waals surface area contributed by atoms with Gasteiger partial charge in [0.05, 0.1) is 17.1 Å². The number of para-hydroxylation sites is 1. The fourth-order valence-corrected chi connectivity index (χ4v) is 12.5. The second-order valence-corrected chi connectivity index (χ2v) is 19.5. The molecule has 3 aliphatic heterocycles. The van der Waals surface area contributed by atoms with Crippen molar-refractivity contribution in [3.05, 3.63) is 161 Å². The average molecular weight is 730 g/mol. The van der Waals surface area contributed by atoms with E-state index in [1.54, 1.807) is 0 Å². The molecule has 0 radical (unpaired) electrons. The Morgan fingerprint density at radius 1 is 0.333 bits per heavy atom. The number of nitrogens with zero attached hydrogens (tertiary/aromatic N) is 1. The normalized spacial score (nSPS) is 16.7. The molecule has 0 unspecified atom stereocenters. The van der Waals surface area contributed by atoms with Crippen molar-refractivity contribution in [1.82, 2.24) is 0 Å². The van der Waals surface area contributed by atoms with Crippen molar-refractivity contribution in [2.24, 2.45) is 0 Å². The highest BCUT2D eigenvalue weighted by atomic mass is 32.1. The smallest absolute Gasteiger partial charge is 0.0544 e. The molecule has 0 amide bonds. The van der Waals surface area contributed by atoms with E-state index in [-0.39, 0.29) is 16.2 Å². The predicted octanol–water partition coefficient (Wildman–Crippen LogP) is 15.1. The lowest BCUT2D eigenvalue weighted by molar-refractivity contribution is 0.567. The highest BCUT2D eigenvalue weighted by Gasteiger charge is 2.52. The van der Waals surface area contributed by atoms with Crippen molar-refractivity contribution in [1.29, 1.82) is 0 Å². The van der Waals surface area contributed by atoms with Crippen LogP contribution in [0.1, 0.15) is 74.9 Å². The first-order valence-corrected chi connectivity index (χ1v) is 20.8. The van der Waals surface area contributed by atoms with Crippen molar-refractivity contribution >= 4 is 80.1 Å². The summed E-state index contributed by atoms with van der Waals surface area (Å²) in [6, 6.07) is 49.2. The molecule has 5 heterocycles. The molecule has 0 fully saturated rings. The van der Waals surface area contributed by atoms with Crippen LogP contribution in [0.25, 0.3) is 62.6 Å². The van der Waals surface area contributed by atoms with Crippen LogP contribution >= 0.6 is 22.7 Å². The zero-order chi connectivity index (χ0) is 36.5. The molecule has 3 heteroatoms. The third-order valence-corrected chi connectivity index (χ3v) is 15.7. The molecule has 0 saturated heterocycles. The summed E-state index contributed by atoms with van der Waals surface area (Å²) < 4.78 is 5.39. The lowest BCUT2D eigenvalue weighted by atomic mass is 9.60. The van der Waals surface area contributed by atoms with E-state index in [2.05, 4.69) is 174 Å². The third kappa shape index (κ3) is 3.79. The van der Waals surface area contributed by atoms with Crippen molar-refractivity contribution in [2.45, 2.75) is 57.8 Å². The number of thiophene rings is 2. The number of benzene rings is 7. The van der Waals surface area contributed by atoms with Crippen LogP contribution in [0.15, 0.2) is 127 Å². The highest BCUT2D eigenvalue weighted by Crippen LogP contribution is 2.67. The minimum atomic E-state index is -0.245. The standard InChI is InChI=1S/C51H39NS2/c1-49(2)36-14-11-15-37-46(36)52-47-38(49)24-30(28-18-20-44-34(22-28)32-12-7-9-16-42(32)53-44)26-40(47)51(5,6)41-27-31(25-39(48(41)52)50(37,3)4)29-19-21-45-35(23-29)33-13-8-10-17-43(33)54-45/h7-27H,1-6H3. The Hall–Kier alpha value is -5.22. The monoisotopic (exact) mass is 729 g/mol. The predicted molar refractivity (Wildman–Crippen MR) is 234 cm³/mol. The Morgan fingerprint density at radius 2 is 0.704 bits per heavy atom. The number of rotatable bonds is 2. The second kappa shape index (κ2) is 10.1. The Kier molecular flexibility index (Phi) is 5.82. The third-order valence-electron chi connectivity index (χ3n) is 13.4. The molecule has 9 aromatic rings. The zero-order valence-electron chi connectivity index (χ0n) is 31.4. The molecule has 54 heavy (non-hydrogen) atoms. The van der Waals surface area contributed by atoms with Gasteiger partial charge in [0.15, 0.2) is 0 Å². The fraction of sp³-hybridized carbons (Fsp3) is 0.176. The molecule has 260 valence electrons. The van der Waals surface area contributed by atoms with E-state index in [4.69, 9.17) is 0 Å². The molecule has 0 atom stereocenters. The maximum absolute atomic E-state index is 2.69. The van der Waals surface area contributed by atoms with Crippen LogP contribution in [0.2, 0.25) is 0 Å². The minimum absolute atomic E-state index is 0.180. The van der Waals surface area contributed by atoms with Crippen LogP contribution in [-0.2, 0) is 16.2 Å². The SMILES string of the molecule is CC1(C)c2cccc3c2N2c4c1cc(-c1ccc5sc6ccccc6c5c1)cc4C(C)(C)c1cc(-c4ccc5sc6ccccc6c5c4)cc(c12)C3(C)C. The van der Waals surface area contributed by atoms with Gasteiger partial charge in [-0.25, -0.2) is 0 Å². The van der Waals surface area contributed by atoms with Gasteiger partial charge >= 0.3 is 0 Å². The van der Waals surface area contributed by atoms with E-state index >= 15 is 0 Å². The van der Waals surface area contributed by atoms with E-state index in [9.17, 15) is 0 Å². The molecule has 0 saturated carbocycles. The molecule has 2 aromatic heterocycles. The Bertz CT molecular complexity index is 2940. The first-order valence-electron chi connectivity index (χ1n) is 19.2. The van der Waals surface area contributed by atoms with Crippen molar-refractivity contribution in [3.63, 3.8) is 0 Å². The fourth-order valence-electron chi connectivity index (χ4n) is 10.4. The van der Waals surface area contributed by atoms with Gasteiger partial charge in [-0.3, -0.25) is 0 Å².